The number of benzene rings is 2. The normalized spacial score (nSPS) is 23.0. The molecule has 178 valence electrons. The Morgan fingerprint density at radius 2 is 1.51 bits per heavy atom. The summed E-state index contributed by atoms with van der Waals surface area (Å²) in [7, 11) is 1.91. The molecule has 1 fully saturated rings. The van der Waals surface area contributed by atoms with Gasteiger partial charge >= 0.3 is 0 Å². The van der Waals surface area contributed by atoms with Crippen LogP contribution in [0.2, 0.25) is 0 Å². The predicted octanol–water partition coefficient (Wildman–Crippen LogP) is 2.73. The van der Waals surface area contributed by atoms with Gasteiger partial charge in [-0.05, 0) is 12.1 Å². The van der Waals surface area contributed by atoms with Gasteiger partial charge in [-0.3, -0.25) is 14.9 Å². The van der Waals surface area contributed by atoms with Crippen molar-refractivity contribution >= 4 is 44.8 Å². The number of nitrogens with one attached hydrogen (secondary N) is 1. The molecule has 0 aliphatic carbocycles. The summed E-state index contributed by atoms with van der Waals surface area (Å²) < 4.78 is 9.90. The topological polar surface area (TPSA) is 106 Å². The van der Waals surface area contributed by atoms with E-state index < -0.39 is 30.3 Å². The van der Waals surface area contributed by atoms with Gasteiger partial charge < -0.3 is 24.1 Å². The summed E-state index contributed by atoms with van der Waals surface area (Å²) in [6, 6.07) is 15.4. The van der Waals surface area contributed by atoms with Gasteiger partial charge in [-0.25, -0.2) is 0 Å². The summed E-state index contributed by atoms with van der Waals surface area (Å²) >= 11 is 0. The van der Waals surface area contributed by atoms with Gasteiger partial charge in [0.25, 0.3) is 11.8 Å². The lowest BCUT2D eigenvalue weighted by Gasteiger charge is -2.33. The minimum atomic E-state index is -0.614. The number of nitrogens with zero attached hydrogens (tertiary/aromatic N) is 2. The summed E-state index contributed by atoms with van der Waals surface area (Å²) in [4.78, 5) is 26.3. The van der Waals surface area contributed by atoms with Crippen molar-refractivity contribution < 1.29 is 24.5 Å². The molecule has 8 heteroatoms. The lowest BCUT2D eigenvalue weighted by atomic mass is 9.95. The number of carbonyl (C=O) groups is 2. The first-order valence-electron chi connectivity index (χ1n) is 11.6. The van der Waals surface area contributed by atoms with Gasteiger partial charge in [-0.15, -0.1) is 0 Å². The Morgan fingerprint density at radius 1 is 0.914 bits per heavy atom. The van der Waals surface area contributed by atoms with Crippen LogP contribution in [0.25, 0.3) is 33.0 Å². The minimum Gasteiger partial charge on any atom is -0.394 e. The average Bonchev–Trinajstić information content (AvgIpc) is 3.49. The highest BCUT2D eigenvalue weighted by Crippen LogP contribution is 2.40. The Bertz CT molecular complexity index is 1530. The first kappa shape index (κ1) is 21.8. The second kappa shape index (κ2) is 8.20. The first-order valence-corrected chi connectivity index (χ1v) is 11.6. The number of fused-ring (bicyclic) bond motifs is 2. The fourth-order valence-electron chi connectivity index (χ4n) is 5.41. The molecule has 4 aromatic rings. The third-order valence-corrected chi connectivity index (χ3v) is 6.98. The highest BCUT2D eigenvalue weighted by atomic mass is 16.5. The molecule has 2 aromatic heterocycles. The smallest absolute Gasteiger partial charge is 0.259 e. The highest BCUT2D eigenvalue weighted by molar-refractivity contribution is 6.50. The van der Waals surface area contributed by atoms with E-state index >= 15 is 0 Å². The monoisotopic (exact) mass is 471 g/mol. The zero-order valence-corrected chi connectivity index (χ0v) is 19.1. The van der Waals surface area contributed by atoms with Gasteiger partial charge in [0.1, 0.15) is 6.23 Å². The number of aromatic nitrogens is 2. The number of hydrogen-bond donors (Lipinski definition) is 3. The van der Waals surface area contributed by atoms with Crippen LogP contribution >= 0.6 is 0 Å². The van der Waals surface area contributed by atoms with Gasteiger partial charge in [-0.2, -0.15) is 0 Å². The van der Waals surface area contributed by atoms with E-state index in [1.54, 1.807) is 0 Å². The van der Waals surface area contributed by atoms with E-state index in [0.717, 1.165) is 21.8 Å². The van der Waals surface area contributed by atoms with Gasteiger partial charge in [0, 0.05) is 59.7 Å². The molecule has 0 bridgehead atoms. The zero-order valence-electron chi connectivity index (χ0n) is 19.1. The molecular weight excluding hydrogens is 446 g/mol. The zero-order chi connectivity index (χ0) is 24.3. The van der Waals surface area contributed by atoms with Crippen LogP contribution in [0.5, 0.6) is 0 Å². The van der Waals surface area contributed by atoms with Crippen molar-refractivity contribution in [3.05, 3.63) is 72.1 Å². The van der Waals surface area contributed by atoms with Crippen molar-refractivity contribution in [3.63, 3.8) is 0 Å². The van der Waals surface area contributed by atoms with Crippen LogP contribution in [0.3, 0.4) is 0 Å². The molecule has 0 radical (unpaired) electrons. The fourth-order valence-corrected chi connectivity index (χ4v) is 5.41. The second-order valence-electron chi connectivity index (χ2n) is 9.19. The lowest BCUT2D eigenvalue weighted by molar-refractivity contribution is -0.140. The third kappa shape index (κ3) is 3.41. The second-order valence-corrected chi connectivity index (χ2v) is 9.19. The number of carbonyl (C=O) groups excluding carboxylic acids is 2. The summed E-state index contributed by atoms with van der Waals surface area (Å²) in [5, 5.41) is 24.2. The molecule has 4 heterocycles. The summed E-state index contributed by atoms with van der Waals surface area (Å²) in [5.41, 5.74) is 3.75. The molecule has 35 heavy (non-hydrogen) atoms. The van der Waals surface area contributed by atoms with E-state index in [1.807, 2.05) is 77.1 Å². The molecule has 2 aliphatic heterocycles. The minimum absolute atomic E-state index is 0.188. The van der Waals surface area contributed by atoms with Crippen molar-refractivity contribution in [2.75, 3.05) is 6.61 Å². The number of para-hydroxylation sites is 2. The molecule has 1 saturated heterocycles. The third-order valence-electron chi connectivity index (χ3n) is 6.98. The van der Waals surface area contributed by atoms with Crippen molar-refractivity contribution in [1.29, 1.82) is 0 Å². The standard InChI is InChI=1S/C27H25N3O5/c1-29-12-19(17-6-2-4-8-21(17)29)24-25(27(34)28-26(24)33)20-13-30(22-9-5-3-7-18(20)22)23-11-15(32)10-16(14-31)35-23/h2-9,12-13,15-16,23,31-32H,10-11,14H2,1H3,(H,28,33,34)/t15-,16+,23-/m1/s1. The van der Waals surface area contributed by atoms with Crippen molar-refractivity contribution in [2.24, 2.45) is 7.05 Å². The SMILES string of the molecule is Cn1cc(C2=C(c3cn([C@H]4C[C@H](O)C[C@@H](CO)O4)c4ccccc34)C(=O)NC2=O)c2ccccc21. The van der Waals surface area contributed by atoms with Crippen LogP contribution in [-0.4, -0.2) is 50.0 Å². The van der Waals surface area contributed by atoms with Crippen LogP contribution in [-0.2, 0) is 21.4 Å². The Balaban J connectivity index is 1.58. The summed E-state index contributed by atoms with van der Waals surface area (Å²) in [5.74, 6) is -0.874. The molecule has 2 aliphatic rings. The maximum Gasteiger partial charge on any atom is 0.259 e. The van der Waals surface area contributed by atoms with E-state index in [-0.39, 0.29) is 6.61 Å². The van der Waals surface area contributed by atoms with E-state index in [9.17, 15) is 19.8 Å². The Labute approximate surface area is 201 Å². The van der Waals surface area contributed by atoms with Crippen molar-refractivity contribution in [3.8, 4) is 0 Å². The number of ether oxygens (including phenoxy) is 1. The largest absolute Gasteiger partial charge is 0.394 e. The van der Waals surface area contributed by atoms with Gasteiger partial charge in [-0.1, -0.05) is 36.4 Å². The Kier molecular flexibility index (Phi) is 5.10. The van der Waals surface area contributed by atoms with Crippen LogP contribution in [0.15, 0.2) is 60.9 Å². The molecular formula is C27H25N3O5. The van der Waals surface area contributed by atoms with Gasteiger partial charge in [0.15, 0.2) is 0 Å². The average molecular weight is 472 g/mol. The molecule has 3 N–H and O–H groups in total. The molecule has 2 amide bonds. The molecule has 6 rings (SSSR count). The Morgan fingerprint density at radius 3 is 2.20 bits per heavy atom. The number of hydrogen-bond acceptors (Lipinski definition) is 5. The van der Waals surface area contributed by atoms with Gasteiger partial charge in [0.05, 0.1) is 35.5 Å². The summed E-state index contributed by atoms with van der Waals surface area (Å²) in [6.45, 7) is -0.188. The number of amides is 2. The van der Waals surface area contributed by atoms with Crippen LogP contribution in [0, 0.1) is 0 Å². The molecule has 2 aromatic carbocycles. The van der Waals surface area contributed by atoms with E-state index in [4.69, 9.17) is 4.74 Å². The maximum atomic E-state index is 13.2. The Hall–Kier alpha value is -3.72. The van der Waals surface area contributed by atoms with E-state index in [0.29, 0.717) is 35.1 Å². The summed E-state index contributed by atoms with van der Waals surface area (Å²) in [6.07, 6.45) is 2.81. The first-order chi connectivity index (χ1) is 17.0. The van der Waals surface area contributed by atoms with E-state index in [1.165, 1.54) is 0 Å². The maximum absolute atomic E-state index is 13.2. The predicted molar refractivity (Wildman–Crippen MR) is 131 cm³/mol. The van der Waals surface area contributed by atoms with Crippen molar-refractivity contribution in [2.45, 2.75) is 31.3 Å². The number of aliphatic hydroxyl groups is 2. The lowest BCUT2D eigenvalue weighted by Crippen LogP contribution is -2.35. The molecule has 3 atom stereocenters. The number of aliphatic hydroxyl groups excluding tert-OH is 2. The van der Waals surface area contributed by atoms with Gasteiger partial charge in [0.2, 0.25) is 0 Å². The van der Waals surface area contributed by atoms with Crippen LogP contribution in [0.4, 0.5) is 0 Å². The number of rotatable bonds is 4. The molecule has 8 nitrogen and oxygen atoms in total. The number of aryl methyl sites for hydroxylation is 1. The molecule has 0 saturated carbocycles. The quantitative estimate of drug-likeness (QED) is 0.397. The molecule has 0 spiro atoms. The number of imide groups is 1. The molecule has 0 unspecified atom stereocenters. The van der Waals surface area contributed by atoms with Crippen molar-refractivity contribution in [1.82, 2.24) is 14.5 Å². The van der Waals surface area contributed by atoms with Crippen LogP contribution < -0.4 is 5.32 Å². The highest BCUT2D eigenvalue weighted by Gasteiger charge is 2.36. The fraction of sp³-hybridized carbons (Fsp3) is 0.259. The van der Waals surface area contributed by atoms with Crippen LogP contribution in [0.1, 0.15) is 30.2 Å². The van der Waals surface area contributed by atoms with E-state index in [2.05, 4.69) is 5.32 Å².